The topological polar surface area (TPSA) is 159 Å². The van der Waals surface area contributed by atoms with Crippen LogP contribution in [0.5, 0.6) is 0 Å². The fourth-order valence-electron chi connectivity index (χ4n) is 6.37. The van der Waals surface area contributed by atoms with Crippen molar-refractivity contribution in [3.05, 3.63) is 0 Å². The van der Waals surface area contributed by atoms with E-state index < -0.39 is 166 Å². The van der Waals surface area contributed by atoms with Gasteiger partial charge in [-0.05, 0) is 75.4 Å². The van der Waals surface area contributed by atoms with E-state index in [0.717, 1.165) is 25.7 Å². The summed E-state index contributed by atoms with van der Waals surface area (Å²) in [6.45, 7) is 6.84. The molecule has 278 valence electrons. The minimum Gasteiger partial charge on any atom is -0.347 e. The zero-order valence-corrected chi connectivity index (χ0v) is 30.0. The highest BCUT2D eigenvalue weighted by Crippen LogP contribution is 2.65. The molecule has 3 saturated carbocycles. The number of amides is 4. The summed E-state index contributed by atoms with van der Waals surface area (Å²) in [4.78, 5) is 71.9. The van der Waals surface area contributed by atoms with Gasteiger partial charge < -0.3 is 20.9 Å². The van der Waals surface area contributed by atoms with Gasteiger partial charge in [-0.3, -0.25) is 19.2 Å². The number of likely N-dealkylation sites (tertiary alicyclic amines) is 1. The Kier molecular flexibility index (Phi) is 5.97. The molecule has 1 aliphatic heterocycles. The SMILES string of the molecule is [2H]C([2H])([2H])C([2H])([2H])C([2H])([2H])C([2H])([2H])[C@H](CC(=O)[C@@H]1[C@@H]2[C@H](CN1C(=O)[C@@H](NC(=O)NC1(CS(=O)(=O)C(C)(C)C)C([2H])([2H])C([2H])([2H])C([2H])([2H])C([2H])([2H])C1([2H])[2H])C(C)(C)C)C2(C)C)C(=O)C(=O)NC1CC1. The molecule has 0 radical (unpaired) electrons. The lowest BCUT2D eigenvalue weighted by molar-refractivity contribution is -0.145. The first kappa shape index (κ1) is 20.5. The predicted molar refractivity (Wildman–Crippen MR) is 189 cm³/mol. The summed E-state index contributed by atoms with van der Waals surface area (Å²) in [7, 11) is -4.90. The lowest BCUT2D eigenvalue weighted by Crippen LogP contribution is -2.63. The highest BCUT2D eigenvalue weighted by Gasteiger charge is 2.69. The van der Waals surface area contributed by atoms with Gasteiger partial charge in [-0.2, -0.15) is 0 Å². The average molecular weight is 726 g/mol. The number of ketones is 2. The van der Waals surface area contributed by atoms with E-state index in [2.05, 4.69) is 10.6 Å². The van der Waals surface area contributed by atoms with Crippen LogP contribution < -0.4 is 16.0 Å². The Balaban J connectivity index is 1.83. The lowest BCUT2D eigenvalue weighted by atomic mass is 9.83. The molecule has 11 nitrogen and oxygen atoms in total. The molecule has 0 aromatic carbocycles. The fraction of sp³-hybridized carbons (Fsp3) is 0.865. The average Bonchev–Trinajstić information content (AvgIpc) is 3.99. The van der Waals surface area contributed by atoms with Gasteiger partial charge in [0, 0.05) is 51.0 Å². The molecule has 0 aromatic rings. The van der Waals surface area contributed by atoms with Crippen molar-refractivity contribution in [3.63, 3.8) is 0 Å². The molecule has 0 unspecified atom stereocenters. The first-order valence-corrected chi connectivity index (χ1v) is 17.9. The molecule has 1 heterocycles. The molecule has 4 amide bonds. The van der Waals surface area contributed by atoms with Gasteiger partial charge in [-0.15, -0.1) is 0 Å². The number of fused-ring (bicyclic) bond motifs is 1. The molecule has 4 rings (SSSR count). The monoisotopic (exact) mass is 726 g/mol. The summed E-state index contributed by atoms with van der Waals surface area (Å²) >= 11 is 0. The molecular formula is C37H62N4O7S. The van der Waals surface area contributed by atoms with Gasteiger partial charge in [0.25, 0.3) is 5.91 Å². The minimum atomic E-state index is -4.90. The lowest BCUT2D eigenvalue weighted by Gasteiger charge is -2.41. The smallest absolute Gasteiger partial charge is 0.315 e. The Morgan fingerprint density at radius 3 is 2.20 bits per heavy atom. The number of sulfone groups is 1. The Morgan fingerprint density at radius 1 is 1.02 bits per heavy atom. The van der Waals surface area contributed by atoms with Gasteiger partial charge in [0.15, 0.2) is 15.6 Å². The Labute approximate surface area is 320 Å². The third kappa shape index (κ3) is 8.87. The maximum absolute atomic E-state index is 14.9. The largest absolute Gasteiger partial charge is 0.347 e. The number of nitrogens with zero attached hydrogens (tertiary/aromatic N) is 1. The van der Waals surface area contributed by atoms with Crippen LogP contribution in [0.2, 0.25) is 0 Å². The van der Waals surface area contributed by atoms with E-state index in [1.54, 1.807) is 13.8 Å². The van der Waals surface area contributed by atoms with Crippen LogP contribution in [0.3, 0.4) is 0 Å². The molecule has 3 N–H and O–H groups in total. The number of piperidine rings is 1. The van der Waals surface area contributed by atoms with Gasteiger partial charge in [0.1, 0.15) is 6.04 Å². The Bertz CT molecular complexity index is 2170. The highest BCUT2D eigenvalue weighted by atomic mass is 32.2. The number of hydrogen-bond donors (Lipinski definition) is 3. The Morgan fingerprint density at radius 2 is 1.65 bits per heavy atom. The minimum absolute atomic E-state index is 0.257. The quantitative estimate of drug-likeness (QED) is 0.219. The summed E-state index contributed by atoms with van der Waals surface area (Å²) in [5, 5.41) is 6.38. The number of hydrogen-bond acceptors (Lipinski definition) is 7. The van der Waals surface area contributed by atoms with Crippen LogP contribution in [0.4, 0.5) is 4.79 Å². The molecule has 0 aromatic heterocycles. The van der Waals surface area contributed by atoms with Gasteiger partial charge in [0.2, 0.25) is 11.7 Å². The maximum Gasteiger partial charge on any atom is 0.315 e. The molecule has 1 saturated heterocycles. The van der Waals surface area contributed by atoms with E-state index in [-0.39, 0.29) is 6.54 Å². The third-order valence-corrected chi connectivity index (χ3v) is 12.4. The van der Waals surface area contributed by atoms with Crippen LogP contribution in [0.25, 0.3) is 0 Å². The standard InChI is InChI=1S/C37H62N4O7S/c1-10-11-15-23(29(43)31(44)38-24-16-17-24)20-26(42)28-27-25(36(27,8)9)21-41(28)32(45)30(34(2,3)4)39-33(46)40-37(18-13-12-14-19-37)22-49(47,48)35(5,6)7/h23-25,27-28,30H,10-22H2,1-9H3,(H,38,44)(H2,39,40,46)/t23-,25+,27+,28-,30-/m1/s1/i1D3,10D2,11D2,12D2,13D2,14D2,15D2,18D2,19D2. The van der Waals surface area contributed by atoms with E-state index >= 15 is 0 Å². The second-order valence-electron chi connectivity index (χ2n) is 15.9. The van der Waals surface area contributed by atoms with Crippen molar-refractivity contribution < 1.29 is 58.4 Å². The maximum atomic E-state index is 14.9. The third-order valence-electron chi connectivity index (χ3n) is 9.72. The summed E-state index contributed by atoms with van der Waals surface area (Å²) < 4.78 is 186. The molecule has 12 heteroatoms. The number of carbonyl (C=O) groups is 5. The van der Waals surface area contributed by atoms with Gasteiger partial charge >= 0.3 is 6.03 Å². The first-order valence-electron chi connectivity index (χ1n) is 25.7. The molecule has 3 aliphatic carbocycles. The summed E-state index contributed by atoms with van der Waals surface area (Å²) in [5.41, 5.74) is -5.99. The number of rotatable bonds is 14. The molecule has 0 spiro atoms. The van der Waals surface area contributed by atoms with E-state index in [0.29, 0.717) is 12.8 Å². The van der Waals surface area contributed by atoms with Crippen molar-refractivity contribution >= 4 is 39.2 Å². The van der Waals surface area contributed by atoms with Crippen molar-refractivity contribution in [2.45, 2.75) is 161 Å². The van der Waals surface area contributed by atoms with Crippen LogP contribution in [0.15, 0.2) is 0 Å². The molecule has 4 fully saturated rings. The van der Waals surface area contributed by atoms with Crippen LogP contribution in [-0.4, -0.2) is 83.4 Å². The van der Waals surface area contributed by atoms with Crippen molar-refractivity contribution in [3.8, 4) is 0 Å². The van der Waals surface area contributed by atoms with Crippen molar-refractivity contribution in [1.82, 2.24) is 20.9 Å². The Hall–Kier alpha value is -2.50. The molecular weight excluding hydrogens is 644 g/mol. The van der Waals surface area contributed by atoms with Gasteiger partial charge in [-0.1, -0.05) is 73.3 Å². The van der Waals surface area contributed by atoms with E-state index in [4.69, 9.17) is 26.0 Å². The van der Waals surface area contributed by atoms with Crippen molar-refractivity contribution in [1.29, 1.82) is 0 Å². The predicted octanol–water partition coefficient (Wildman–Crippen LogP) is 4.71. The van der Waals surface area contributed by atoms with Crippen molar-refractivity contribution in [2.24, 2.45) is 28.6 Å². The zero-order chi connectivity index (χ0) is 53.6. The molecule has 0 bridgehead atoms. The zero-order valence-electron chi connectivity index (χ0n) is 48.2. The summed E-state index contributed by atoms with van der Waals surface area (Å²) in [5.74, 6) is -11.2. The van der Waals surface area contributed by atoms with Crippen LogP contribution in [-0.2, 0) is 29.0 Å². The van der Waals surface area contributed by atoms with Crippen LogP contribution >= 0.6 is 0 Å². The van der Waals surface area contributed by atoms with Gasteiger partial charge in [-0.25, -0.2) is 13.2 Å². The first-order chi connectivity index (χ1) is 29.8. The number of Topliss-reactive ketones (excluding diaryl/α,β-unsaturated/α-hetero) is 2. The second-order valence-corrected chi connectivity index (χ2v) is 18.7. The number of nitrogens with one attached hydrogen (secondary N) is 3. The van der Waals surface area contributed by atoms with Crippen LogP contribution in [0, 0.1) is 28.6 Å². The highest BCUT2D eigenvalue weighted by molar-refractivity contribution is 7.92. The molecule has 4 aliphatic rings. The molecule has 5 atom stereocenters. The fourth-order valence-corrected chi connectivity index (χ4v) is 7.59. The normalized spacial score (nSPS) is 37.8. The number of urea groups is 1. The van der Waals surface area contributed by atoms with Gasteiger partial charge in [0.05, 0.1) is 22.1 Å². The van der Waals surface area contributed by atoms with Crippen LogP contribution in [0.1, 0.15) is 159 Å². The summed E-state index contributed by atoms with van der Waals surface area (Å²) in [6, 6.07) is -5.78. The molecule has 49 heavy (non-hydrogen) atoms. The van der Waals surface area contributed by atoms with E-state index in [9.17, 15) is 32.4 Å². The van der Waals surface area contributed by atoms with Crippen molar-refractivity contribution in [2.75, 3.05) is 12.3 Å². The van der Waals surface area contributed by atoms with E-state index in [1.807, 2.05) is 5.32 Å². The second kappa shape index (κ2) is 14.3. The van der Waals surface area contributed by atoms with E-state index in [1.165, 1.54) is 20.8 Å². The summed E-state index contributed by atoms with van der Waals surface area (Å²) in [6.07, 6.45) is -32.8. The number of carbonyl (C=O) groups excluding carboxylic acids is 5.